The van der Waals surface area contributed by atoms with Gasteiger partial charge in [-0.25, -0.2) is 27.5 Å². The lowest BCUT2D eigenvalue weighted by Gasteiger charge is -2.34. The molecule has 2 fully saturated rings. The van der Waals surface area contributed by atoms with E-state index in [1.807, 2.05) is 20.8 Å². The van der Waals surface area contributed by atoms with Gasteiger partial charge in [0.05, 0.1) is 18.0 Å². The second-order valence-electron chi connectivity index (χ2n) is 11.8. The van der Waals surface area contributed by atoms with Crippen molar-refractivity contribution in [1.82, 2.24) is 24.9 Å². The van der Waals surface area contributed by atoms with Gasteiger partial charge >= 0.3 is 0 Å². The van der Waals surface area contributed by atoms with Crippen molar-refractivity contribution in [2.45, 2.75) is 71.4 Å². The molecule has 1 aliphatic carbocycles. The number of carbonyl (C=O) groups excluding carboxylic acids is 1. The zero-order chi connectivity index (χ0) is 30.3. The van der Waals surface area contributed by atoms with Crippen molar-refractivity contribution >= 4 is 21.7 Å². The third-order valence-corrected chi connectivity index (χ3v) is 9.04. The normalized spacial score (nSPS) is 20.1. The number of sulfonamides is 1. The van der Waals surface area contributed by atoms with Crippen molar-refractivity contribution in [3.63, 3.8) is 0 Å². The van der Waals surface area contributed by atoms with Crippen LogP contribution in [0.4, 0.5) is 10.2 Å². The van der Waals surface area contributed by atoms with Crippen LogP contribution in [0, 0.1) is 17.7 Å². The molecule has 1 saturated carbocycles. The SMILES string of the molecule is CCN(C(=O)c1cc(F)ccc1Oc1cncnc1N1CCC(CNC[C@H]2CC[C@H](NS(C)(=O)=O)CC2)CC1)C(C)C. The second kappa shape index (κ2) is 14.6. The molecule has 2 aromatic rings. The maximum Gasteiger partial charge on any atom is 0.257 e. The lowest BCUT2D eigenvalue weighted by molar-refractivity contribution is 0.0713. The quantitative estimate of drug-likeness (QED) is 0.371. The zero-order valence-electron chi connectivity index (χ0n) is 25.2. The first kappa shape index (κ1) is 32.1. The number of anilines is 1. The van der Waals surface area contributed by atoms with Gasteiger partial charge in [-0.15, -0.1) is 0 Å². The number of aromatic nitrogens is 2. The molecule has 1 amide bonds. The summed E-state index contributed by atoms with van der Waals surface area (Å²) in [5.41, 5.74) is 0.172. The summed E-state index contributed by atoms with van der Waals surface area (Å²) >= 11 is 0. The Bertz CT molecular complexity index is 1290. The Morgan fingerprint density at radius 2 is 1.76 bits per heavy atom. The van der Waals surface area contributed by atoms with Gasteiger partial charge in [-0.2, -0.15) is 0 Å². The minimum absolute atomic E-state index is 0.0377. The van der Waals surface area contributed by atoms with Crippen molar-refractivity contribution in [3.05, 3.63) is 42.1 Å². The lowest BCUT2D eigenvalue weighted by atomic mass is 9.86. The second-order valence-corrected chi connectivity index (χ2v) is 13.6. The molecule has 4 rings (SSSR count). The lowest BCUT2D eigenvalue weighted by Crippen LogP contribution is -2.40. The van der Waals surface area contributed by atoms with Gasteiger partial charge in [-0.05, 0) is 102 Å². The van der Waals surface area contributed by atoms with Crippen LogP contribution in [0.1, 0.15) is 69.7 Å². The summed E-state index contributed by atoms with van der Waals surface area (Å²) in [4.78, 5) is 25.8. The fourth-order valence-electron chi connectivity index (χ4n) is 6.02. The molecule has 0 bridgehead atoms. The Kier molecular flexibility index (Phi) is 11.1. The molecule has 42 heavy (non-hydrogen) atoms. The topological polar surface area (TPSA) is 117 Å². The highest BCUT2D eigenvalue weighted by molar-refractivity contribution is 7.88. The van der Waals surface area contributed by atoms with E-state index in [0.29, 0.717) is 29.9 Å². The molecule has 0 atom stereocenters. The molecule has 1 aromatic heterocycles. The van der Waals surface area contributed by atoms with Gasteiger partial charge in [-0.3, -0.25) is 4.79 Å². The monoisotopic (exact) mass is 604 g/mol. The molecule has 1 aromatic carbocycles. The summed E-state index contributed by atoms with van der Waals surface area (Å²) in [5.74, 6) is 1.72. The molecule has 2 aliphatic rings. The highest BCUT2D eigenvalue weighted by Crippen LogP contribution is 2.34. The van der Waals surface area contributed by atoms with Gasteiger partial charge in [0.15, 0.2) is 11.6 Å². The van der Waals surface area contributed by atoms with Gasteiger partial charge in [0.1, 0.15) is 17.9 Å². The predicted molar refractivity (Wildman–Crippen MR) is 162 cm³/mol. The largest absolute Gasteiger partial charge is 0.451 e. The van der Waals surface area contributed by atoms with Crippen LogP contribution in [0.2, 0.25) is 0 Å². The van der Waals surface area contributed by atoms with Crippen molar-refractivity contribution in [3.8, 4) is 11.5 Å². The molecule has 12 heteroatoms. The van der Waals surface area contributed by atoms with Crippen LogP contribution in [-0.2, 0) is 10.0 Å². The molecule has 1 aliphatic heterocycles. The average Bonchev–Trinajstić information content (AvgIpc) is 2.95. The van der Waals surface area contributed by atoms with Crippen molar-refractivity contribution < 1.29 is 22.3 Å². The number of ether oxygens (including phenoxy) is 1. The van der Waals surface area contributed by atoms with E-state index in [4.69, 9.17) is 4.74 Å². The highest BCUT2D eigenvalue weighted by Gasteiger charge is 2.27. The number of amides is 1. The summed E-state index contributed by atoms with van der Waals surface area (Å²) in [6, 6.07) is 4.03. The van der Waals surface area contributed by atoms with E-state index in [9.17, 15) is 17.6 Å². The summed E-state index contributed by atoms with van der Waals surface area (Å²) in [7, 11) is -3.14. The molecule has 0 unspecified atom stereocenters. The molecular weight excluding hydrogens is 559 g/mol. The molecule has 10 nitrogen and oxygen atoms in total. The van der Waals surface area contributed by atoms with Crippen LogP contribution < -0.4 is 19.7 Å². The van der Waals surface area contributed by atoms with E-state index in [1.54, 1.807) is 11.1 Å². The van der Waals surface area contributed by atoms with E-state index in [2.05, 4.69) is 24.9 Å². The number of piperidine rings is 1. The number of nitrogens with zero attached hydrogens (tertiary/aromatic N) is 4. The van der Waals surface area contributed by atoms with Crippen LogP contribution >= 0.6 is 0 Å². The van der Waals surface area contributed by atoms with Gasteiger partial charge in [0.2, 0.25) is 10.0 Å². The van der Waals surface area contributed by atoms with Crippen LogP contribution in [0.3, 0.4) is 0 Å². The first-order valence-electron chi connectivity index (χ1n) is 15.0. The number of benzene rings is 1. The maximum absolute atomic E-state index is 14.2. The number of halogens is 1. The number of hydrogen-bond acceptors (Lipinski definition) is 8. The minimum Gasteiger partial charge on any atom is -0.451 e. The summed E-state index contributed by atoms with van der Waals surface area (Å²) in [5, 5.41) is 3.66. The summed E-state index contributed by atoms with van der Waals surface area (Å²) in [6.45, 7) is 9.79. The van der Waals surface area contributed by atoms with E-state index in [-0.39, 0.29) is 29.3 Å². The van der Waals surface area contributed by atoms with Crippen molar-refractivity contribution in [2.24, 2.45) is 11.8 Å². The third kappa shape index (κ3) is 8.84. The first-order valence-corrected chi connectivity index (χ1v) is 16.9. The average molecular weight is 605 g/mol. The Hall–Kier alpha value is -2.83. The summed E-state index contributed by atoms with van der Waals surface area (Å²) in [6.07, 6.45) is 10.2. The fourth-order valence-corrected chi connectivity index (χ4v) is 6.86. The fraction of sp³-hybridized carbons (Fsp3) is 0.633. The Balaban J connectivity index is 1.31. The molecule has 2 N–H and O–H groups in total. The Morgan fingerprint density at radius 3 is 2.38 bits per heavy atom. The van der Waals surface area contributed by atoms with Crippen molar-refractivity contribution in [2.75, 3.05) is 43.9 Å². The smallest absolute Gasteiger partial charge is 0.257 e. The molecule has 232 valence electrons. The molecule has 1 saturated heterocycles. The minimum atomic E-state index is -3.14. The zero-order valence-corrected chi connectivity index (χ0v) is 26.0. The number of hydrogen-bond donors (Lipinski definition) is 2. The molecule has 0 radical (unpaired) electrons. The Labute approximate surface area is 249 Å². The highest BCUT2D eigenvalue weighted by atomic mass is 32.2. The maximum atomic E-state index is 14.2. The number of nitrogens with one attached hydrogen (secondary N) is 2. The molecular formula is C30H45FN6O4S. The first-order chi connectivity index (χ1) is 20.0. The van der Waals surface area contributed by atoms with Crippen molar-refractivity contribution in [1.29, 1.82) is 0 Å². The van der Waals surface area contributed by atoms with Gasteiger partial charge in [0, 0.05) is 31.7 Å². The van der Waals surface area contributed by atoms with Gasteiger partial charge in [-0.1, -0.05) is 0 Å². The van der Waals surface area contributed by atoms with Gasteiger partial charge in [0.25, 0.3) is 5.91 Å². The number of carbonyl (C=O) groups is 1. The molecule has 0 spiro atoms. The van der Waals surface area contributed by atoms with E-state index >= 15 is 0 Å². The van der Waals surface area contributed by atoms with E-state index in [1.165, 1.54) is 30.8 Å². The van der Waals surface area contributed by atoms with Crippen LogP contribution in [0.5, 0.6) is 11.5 Å². The van der Waals surface area contributed by atoms with Crippen LogP contribution in [0.25, 0.3) is 0 Å². The van der Waals surface area contributed by atoms with Gasteiger partial charge < -0.3 is 19.9 Å². The standard InChI is InChI=1S/C30H45FN6O4S/c1-5-37(21(2)3)30(38)26-16-24(31)8-11-27(26)41-28-19-33-20-34-29(28)36-14-12-23(13-15-36)18-32-17-22-6-9-25(10-7-22)35-42(4,39)40/h8,11,16,19-23,25,32,35H,5-7,9-10,12-15,17-18H2,1-4H3/t22-,25-. The molecule has 2 heterocycles. The number of rotatable bonds is 12. The van der Waals surface area contributed by atoms with Crippen LogP contribution in [0.15, 0.2) is 30.7 Å². The van der Waals surface area contributed by atoms with Crippen LogP contribution in [-0.4, -0.2) is 80.3 Å². The summed E-state index contributed by atoms with van der Waals surface area (Å²) < 4.78 is 46.1. The van der Waals surface area contributed by atoms with E-state index in [0.717, 1.165) is 64.7 Å². The third-order valence-electron chi connectivity index (χ3n) is 8.28. The Morgan fingerprint density at radius 1 is 1.10 bits per heavy atom. The predicted octanol–water partition coefficient (Wildman–Crippen LogP) is 4.19. The van der Waals surface area contributed by atoms with E-state index < -0.39 is 15.8 Å².